The highest BCUT2D eigenvalue weighted by molar-refractivity contribution is 5.79. The standard InChI is InChI=1S/C23H30N4O3/c1-17(2)30-21-8-3-6-18(12-21)13-22(28)26-9-4-7-19(16-26)27-23(29)14-20(15-24-27)25-10-5-11-25/h3,6,8,12,14-15,17,19H,4-5,7,9-11,13,16H2,1-2H3/t19-/m1/s1. The zero-order valence-corrected chi connectivity index (χ0v) is 17.8. The third kappa shape index (κ3) is 4.66. The van der Waals surface area contributed by atoms with Gasteiger partial charge in [0.05, 0.1) is 30.5 Å². The molecule has 1 aromatic heterocycles. The quantitative estimate of drug-likeness (QED) is 0.732. The molecule has 2 aliphatic rings. The Morgan fingerprint density at radius 2 is 2.03 bits per heavy atom. The first-order valence-corrected chi connectivity index (χ1v) is 10.9. The first-order valence-electron chi connectivity index (χ1n) is 10.9. The zero-order valence-electron chi connectivity index (χ0n) is 17.8. The van der Waals surface area contributed by atoms with Crippen molar-refractivity contribution in [3.05, 3.63) is 52.4 Å². The molecule has 1 atom stereocenters. The number of piperidine rings is 1. The highest BCUT2D eigenvalue weighted by Gasteiger charge is 2.26. The molecule has 0 N–H and O–H groups in total. The summed E-state index contributed by atoms with van der Waals surface area (Å²) in [6.45, 7) is 7.19. The van der Waals surface area contributed by atoms with Crippen molar-refractivity contribution < 1.29 is 9.53 Å². The van der Waals surface area contributed by atoms with Crippen molar-refractivity contribution in [1.82, 2.24) is 14.7 Å². The van der Waals surface area contributed by atoms with Gasteiger partial charge in [0.25, 0.3) is 5.56 Å². The van der Waals surface area contributed by atoms with E-state index in [2.05, 4.69) is 10.00 Å². The molecule has 2 aromatic rings. The van der Waals surface area contributed by atoms with Crippen LogP contribution in [0, 0.1) is 0 Å². The lowest BCUT2D eigenvalue weighted by molar-refractivity contribution is -0.132. The fourth-order valence-electron chi connectivity index (χ4n) is 4.10. The minimum atomic E-state index is -0.0859. The molecule has 30 heavy (non-hydrogen) atoms. The molecule has 0 aliphatic carbocycles. The predicted molar refractivity (Wildman–Crippen MR) is 116 cm³/mol. The Balaban J connectivity index is 1.41. The topological polar surface area (TPSA) is 67.7 Å². The highest BCUT2D eigenvalue weighted by atomic mass is 16.5. The van der Waals surface area contributed by atoms with Crippen LogP contribution in [0.15, 0.2) is 41.3 Å². The zero-order chi connectivity index (χ0) is 21.1. The molecule has 7 nitrogen and oxygen atoms in total. The summed E-state index contributed by atoms with van der Waals surface area (Å²) in [5, 5.41) is 4.43. The summed E-state index contributed by atoms with van der Waals surface area (Å²) in [4.78, 5) is 29.6. The number of carbonyl (C=O) groups is 1. The van der Waals surface area contributed by atoms with Gasteiger partial charge >= 0.3 is 0 Å². The van der Waals surface area contributed by atoms with Gasteiger partial charge in [-0.05, 0) is 50.8 Å². The predicted octanol–water partition coefficient (Wildman–Crippen LogP) is 2.65. The van der Waals surface area contributed by atoms with Crippen LogP contribution in [0.5, 0.6) is 5.75 Å². The minimum Gasteiger partial charge on any atom is -0.491 e. The van der Waals surface area contributed by atoms with Gasteiger partial charge in [0.1, 0.15) is 5.75 Å². The third-order valence-corrected chi connectivity index (χ3v) is 5.75. The van der Waals surface area contributed by atoms with Gasteiger partial charge in [0.15, 0.2) is 0 Å². The molecule has 4 rings (SSSR count). The molecule has 0 bridgehead atoms. The van der Waals surface area contributed by atoms with Gasteiger partial charge < -0.3 is 14.5 Å². The number of aromatic nitrogens is 2. The fraction of sp³-hybridized carbons (Fsp3) is 0.522. The highest BCUT2D eigenvalue weighted by Crippen LogP contribution is 2.23. The summed E-state index contributed by atoms with van der Waals surface area (Å²) in [6.07, 6.45) is 5.10. The third-order valence-electron chi connectivity index (χ3n) is 5.75. The molecular weight excluding hydrogens is 380 g/mol. The minimum absolute atomic E-state index is 0.0729. The van der Waals surface area contributed by atoms with E-state index in [0.29, 0.717) is 13.0 Å². The van der Waals surface area contributed by atoms with Crippen molar-refractivity contribution in [2.75, 3.05) is 31.1 Å². The summed E-state index contributed by atoms with van der Waals surface area (Å²) >= 11 is 0. The van der Waals surface area contributed by atoms with Crippen molar-refractivity contribution in [3.63, 3.8) is 0 Å². The summed E-state index contributed by atoms with van der Waals surface area (Å²) in [5.74, 6) is 0.858. The van der Waals surface area contributed by atoms with Gasteiger partial charge in [0.2, 0.25) is 5.91 Å². The van der Waals surface area contributed by atoms with Crippen LogP contribution in [0.1, 0.15) is 44.7 Å². The number of likely N-dealkylation sites (tertiary alicyclic amines) is 1. The van der Waals surface area contributed by atoms with E-state index >= 15 is 0 Å². The Hall–Kier alpha value is -2.83. The van der Waals surface area contributed by atoms with Gasteiger partial charge in [-0.2, -0.15) is 5.10 Å². The molecule has 0 unspecified atom stereocenters. The van der Waals surface area contributed by atoms with E-state index in [9.17, 15) is 9.59 Å². The lowest BCUT2D eigenvalue weighted by Crippen LogP contribution is -2.44. The molecular formula is C23H30N4O3. The summed E-state index contributed by atoms with van der Waals surface area (Å²) in [5.41, 5.74) is 1.75. The number of hydrogen-bond donors (Lipinski definition) is 0. The fourth-order valence-corrected chi connectivity index (χ4v) is 4.10. The van der Waals surface area contributed by atoms with Gasteiger partial charge in [-0.1, -0.05) is 12.1 Å². The number of nitrogens with zero attached hydrogens (tertiary/aromatic N) is 4. The molecule has 2 fully saturated rings. The van der Waals surface area contributed by atoms with Crippen LogP contribution in [0.2, 0.25) is 0 Å². The lowest BCUT2D eigenvalue weighted by atomic mass is 10.0. The molecule has 0 spiro atoms. The van der Waals surface area contributed by atoms with Crippen molar-refractivity contribution in [3.8, 4) is 5.75 Å². The number of carbonyl (C=O) groups excluding carboxylic acids is 1. The Morgan fingerprint density at radius 1 is 1.20 bits per heavy atom. The van der Waals surface area contributed by atoms with E-state index in [-0.39, 0.29) is 23.6 Å². The second-order valence-corrected chi connectivity index (χ2v) is 8.46. The Kier molecular flexibility index (Phi) is 6.06. The maximum absolute atomic E-state index is 12.9. The molecule has 1 aromatic carbocycles. The van der Waals surface area contributed by atoms with Gasteiger partial charge in [-0.3, -0.25) is 9.59 Å². The Labute approximate surface area is 177 Å². The number of ether oxygens (including phenoxy) is 1. The number of hydrogen-bond acceptors (Lipinski definition) is 5. The lowest BCUT2D eigenvalue weighted by Gasteiger charge is -2.34. The normalized spacial score (nSPS) is 19.0. The summed E-state index contributed by atoms with van der Waals surface area (Å²) in [6, 6.07) is 9.31. The van der Waals surface area contributed by atoms with Crippen molar-refractivity contribution in [2.24, 2.45) is 0 Å². The van der Waals surface area contributed by atoms with Crippen LogP contribution >= 0.6 is 0 Å². The number of rotatable bonds is 6. The smallest absolute Gasteiger partial charge is 0.269 e. The first-order chi connectivity index (χ1) is 14.5. The molecule has 2 aliphatic heterocycles. The van der Waals surface area contributed by atoms with Gasteiger partial charge in [0, 0.05) is 32.2 Å². The number of amides is 1. The van der Waals surface area contributed by atoms with Crippen LogP contribution in [0.3, 0.4) is 0 Å². The Morgan fingerprint density at radius 3 is 2.73 bits per heavy atom. The number of benzene rings is 1. The van der Waals surface area contributed by atoms with E-state index < -0.39 is 0 Å². The van der Waals surface area contributed by atoms with E-state index in [0.717, 1.165) is 55.9 Å². The monoisotopic (exact) mass is 410 g/mol. The average molecular weight is 411 g/mol. The van der Waals surface area contributed by atoms with Gasteiger partial charge in [-0.15, -0.1) is 0 Å². The first kappa shape index (κ1) is 20.4. The van der Waals surface area contributed by atoms with E-state index in [1.54, 1.807) is 16.9 Å². The summed E-state index contributed by atoms with van der Waals surface area (Å²) in [7, 11) is 0. The SMILES string of the molecule is CC(C)Oc1cccc(CC(=O)N2CCC[C@@H](n3ncc(N4CCC4)cc3=O)C2)c1. The Bertz CT molecular complexity index is 951. The second-order valence-electron chi connectivity index (χ2n) is 8.46. The van der Waals surface area contributed by atoms with Crippen molar-refractivity contribution >= 4 is 11.6 Å². The molecule has 7 heteroatoms. The summed E-state index contributed by atoms with van der Waals surface area (Å²) < 4.78 is 7.29. The van der Waals surface area contributed by atoms with E-state index in [4.69, 9.17) is 4.74 Å². The van der Waals surface area contributed by atoms with Crippen LogP contribution in [-0.2, 0) is 11.2 Å². The number of anilines is 1. The van der Waals surface area contributed by atoms with Gasteiger partial charge in [-0.25, -0.2) is 4.68 Å². The molecule has 0 saturated carbocycles. The van der Waals surface area contributed by atoms with E-state index in [1.165, 1.54) is 0 Å². The maximum Gasteiger partial charge on any atom is 0.269 e. The largest absolute Gasteiger partial charge is 0.491 e. The van der Waals surface area contributed by atoms with Crippen molar-refractivity contribution in [1.29, 1.82) is 0 Å². The molecule has 160 valence electrons. The van der Waals surface area contributed by atoms with Crippen LogP contribution in [0.25, 0.3) is 0 Å². The average Bonchev–Trinajstić information content (AvgIpc) is 2.66. The molecule has 2 saturated heterocycles. The van der Waals surface area contributed by atoms with Crippen LogP contribution in [0.4, 0.5) is 5.69 Å². The second kappa shape index (κ2) is 8.90. The molecule has 0 radical (unpaired) electrons. The van der Waals surface area contributed by atoms with E-state index in [1.807, 2.05) is 43.0 Å². The molecule has 1 amide bonds. The maximum atomic E-state index is 12.9. The van der Waals surface area contributed by atoms with Crippen LogP contribution < -0.4 is 15.2 Å². The van der Waals surface area contributed by atoms with Crippen molar-refractivity contribution in [2.45, 2.75) is 51.7 Å². The van der Waals surface area contributed by atoms with Crippen LogP contribution in [-0.4, -0.2) is 52.9 Å². The molecule has 3 heterocycles.